The van der Waals surface area contributed by atoms with Crippen LogP contribution >= 0.6 is 11.8 Å². The van der Waals surface area contributed by atoms with Gasteiger partial charge in [-0.15, -0.1) is 10.2 Å². The third kappa shape index (κ3) is 7.53. The summed E-state index contributed by atoms with van der Waals surface area (Å²) in [6.45, 7) is 9.88. The number of para-hydroxylation sites is 1. The normalized spacial score (nSPS) is 11.9. The van der Waals surface area contributed by atoms with Crippen LogP contribution in [0.4, 0.5) is 5.69 Å². The summed E-state index contributed by atoms with van der Waals surface area (Å²) >= 11 is 1.40. The lowest BCUT2D eigenvalue weighted by Crippen LogP contribution is -2.23. The minimum absolute atomic E-state index is 0.0929. The van der Waals surface area contributed by atoms with Crippen LogP contribution in [0.2, 0.25) is 0 Å². The SMILES string of the molecule is CCOc1ccc(NC(=O)C(C)Sc2nnc(COc3ccccc3)n2CCC(C)C)cc1. The molecule has 1 N–H and O–H groups in total. The second-order valence-corrected chi connectivity index (χ2v) is 9.35. The average molecular weight is 469 g/mol. The van der Waals surface area contributed by atoms with Gasteiger partial charge in [0.15, 0.2) is 11.0 Å². The van der Waals surface area contributed by atoms with Crippen molar-refractivity contribution in [3.05, 3.63) is 60.4 Å². The van der Waals surface area contributed by atoms with Gasteiger partial charge in [0.25, 0.3) is 0 Å². The van der Waals surface area contributed by atoms with Gasteiger partial charge in [0.05, 0.1) is 11.9 Å². The van der Waals surface area contributed by atoms with Crippen molar-refractivity contribution in [2.24, 2.45) is 5.92 Å². The van der Waals surface area contributed by atoms with E-state index >= 15 is 0 Å². The molecule has 1 atom stereocenters. The van der Waals surface area contributed by atoms with E-state index in [1.54, 1.807) is 0 Å². The maximum absolute atomic E-state index is 12.8. The average Bonchev–Trinajstić information content (AvgIpc) is 3.19. The van der Waals surface area contributed by atoms with E-state index in [2.05, 4.69) is 33.9 Å². The summed E-state index contributed by atoms with van der Waals surface area (Å²) in [6.07, 6.45) is 0.983. The quantitative estimate of drug-likeness (QED) is 0.358. The number of carbonyl (C=O) groups is 1. The van der Waals surface area contributed by atoms with E-state index in [4.69, 9.17) is 9.47 Å². The Bertz CT molecular complexity index is 1010. The van der Waals surface area contributed by atoms with Crippen molar-refractivity contribution in [1.29, 1.82) is 0 Å². The zero-order valence-corrected chi connectivity index (χ0v) is 20.5. The summed E-state index contributed by atoms with van der Waals surface area (Å²) in [5.41, 5.74) is 0.731. The third-order valence-electron chi connectivity index (χ3n) is 4.92. The van der Waals surface area contributed by atoms with Gasteiger partial charge in [0.1, 0.15) is 18.1 Å². The maximum atomic E-state index is 12.8. The van der Waals surface area contributed by atoms with Gasteiger partial charge < -0.3 is 19.4 Å². The molecule has 0 aliphatic carbocycles. The minimum atomic E-state index is -0.346. The van der Waals surface area contributed by atoms with Gasteiger partial charge in [-0.25, -0.2) is 0 Å². The highest BCUT2D eigenvalue weighted by molar-refractivity contribution is 8.00. The number of rotatable bonds is 12. The minimum Gasteiger partial charge on any atom is -0.494 e. The maximum Gasteiger partial charge on any atom is 0.237 e. The van der Waals surface area contributed by atoms with Crippen LogP contribution in [0.1, 0.15) is 39.9 Å². The molecule has 1 amide bonds. The van der Waals surface area contributed by atoms with E-state index in [0.29, 0.717) is 19.1 Å². The van der Waals surface area contributed by atoms with Crippen molar-refractivity contribution in [2.45, 2.75) is 57.7 Å². The van der Waals surface area contributed by atoms with Crippen LogP contribution in [-0.4, -0.2) is 32.5 Å². The fourth-order valence-electron chi connectivity index (χ4n) is 3.05. The molecule has 33 heavy (non-hydrogen) atoms. The number of hydrogen-bond donors (Lipinski definition) is 1. The molecule has 1 unspecified atom stereocenters. The van der Waals surface area contributed by atoms with Gasteiger partial charge in [-0.1, -0.05) is 43.8 Å². The van der Waals surface area contributed by atoms with E-state index < -0.39 is 0 Å². The number of benzene rings is 2. The molecule has 0 saturated heterocycles. The van der Waals surface area contributed by atoms with Gasteiger partial charge in [0.2, 0.25) is 5.91 Å². The number of aromatic nitrogens is 3. The van der Waals surface area contributed by atoms with E-state index in [0.717, 1.165) is 41.1 Å². The summed E-state index contributed by atoms with van der Waals surface area (Å²) in [6, 6.07) is 17.0. The molecular formula is C25H32N4O3S. The molecule has 0 aliphatic rings. The van der Waals surface area contributed by atoms with Crippen molar-refractivity contribution in [3.8, 4) is 11.5 Å². The highest BCUT2D eigenvalue weighted by Crippen LogP contribution is 2.25. The first-order valence-electron chi connectivity index (χ1n) is 11.3. The molecule has 0 bridgehead atoms. The Morgan fingerprint density at radius 2 is 1.70 bits per heavy atom. The Kier molecular flexibility index (Phi) is 9.18. The van der Waals surface area contributed by atoms with Crippen LogP contribution < -0.4 is 14.8 Å². The molecular weight excluding hydrogens is 436 g/mol. The highest BCUT2D eigenvalue weighted by atomic mass is 32.2. The first-order valence-corrected chi connectivity index (χ1v) is 12.1. The van der Waals surface area contributed by atoms with E-state index in [-0.39, 0.29) is 11.2 Å². The number of hydrogen-bond acceptors (Lipinski definition) is 6. The number of amides is 1. The molecule has 0 fully saturated rings. The topological polar surface area (TPSA) is 78.3 Å². The largest absolute Gasteiger partial charge is 0.494 e. The van der Waals surface area contributed by atoms with Crippen molar-refractivity contribution in [2.75, 3.05) is 11.9 Å². The zero-order valence-electron chi connectivity index (χ0n) is 19.7. The molecule has 176 valence electrons. The molecule has 1 aromatic heterocycles. The smallest absolute Gasteiger partial charge is 0.237 e. The van der Waals surface area contributed by atoms with Gasteiger partial charge >= 0.3 is 0 Å². The van der Waals surface area contributed by atoms with Crippen LogP contribution in [0.25, 0.3) is 0 Å². The number of anilines is 1. The molecule has 2 aromatic carbocycles. The van der Waals surface area contributed by atoms with Crippen LogP contribution in [-0.2, 0) is 17.9 Å². The summed E-state index contributed by atoms with van der Waals surface area (Å²) in [5, 5.41) is 12.1. The number of nitrogens with one attached hydrogen (secondary N) is 1. The number of ether oxygens (including phenoxy) is 2. The summed E-state index contributed by atoms with van der Waals surface area (Å²) in [7, 11) is 0. The molecule has 0 aliphatic heterocycles. The Hall–Kier alpha value is -3.00. The lowest BCUT2D eigenvalue weighted by molar-refractivity contribution is -0.115. The monoisotopic (exact) mass is 468 g/mol. The number of nitrogens with zero attached hydrogens (tertiary/aromatic N) is 3. The van der Waals surface area contributed by atoms with Crippen molar-refractivity contribution < 1.29 is 14.3 Å². The fourth-order valence-corrected chi connectivity index (χ4v) is 3.94. The lowest BCUT2D eigenvalue weighted by atomic mass is 10.1. The summed E-state index contributed by atoms with van der Waals surface area (Å²) in [5.74, 6) is 2.76. The van der Waals surface area contributed by atoms with Crippen molar-refractivity contribution >= 4 is 23.4 Å². The van der Waals surface area contributed by atoms with Crippen LogP contribution in [0.3, 0.4) is 0 Å². The summed E-state index contributed by atoms with van der Waals surface area (Å²) in [4.78, 5) is 12.8. The first-order chi connectivity index (χ1) is 16.0. The van der Waals surface area contributed by atoms with Gasteiger partial charge in [-0.3, -0.25) is 4.79 Å². The number of thioether (sulfide) groups is 1. The second kappa shape index (κ2) is 12.3. The molecule has 0 spiro atoms. The van der Waals surface area contributed by atoms with Gasteiger partial charge in [0, 0.05) is 12.2 Å². The van der Waals surface area contributed by atoms with E-state index in [1.807, 2.05) is 68.4 Å². The number of carbonyl (C=O) groups excluding carboxylic acids is 1. The van der Waals surface area contributed by atoms with Gasteiger partial charge in [-0.2, -0.15) is 0 Å². The third-order valence-corrected chi connectivity index (χ3v) is 6.00. The second-order valence-electron chi connectivity index (χ2n) is 8.04. The molecule has 3 rings (SSSR count). The standard InChI is InChI=1S/C25H32N4O3S/c1-5-31-22-13-11-20(12-14-22)26-24(30)19(4)33-25-28-27-23(29(25)16-15-18(2)3)17-32-21-9-7-6-8-10-21/h6-14,18-19H,5,15-17H2,1-4H3,(H,26,30). The Morgan fingerprint density at radius 1 is 1.00 bits per heavy atom. The molecule has 0 saturated carbocycles. The van der Waals surface area contributed by atoms with Gasteiger partial charge in [-0.05, 0) is 62.6 Å². The lowest BCUT2D eigenvalue weighted by Gasteiger charge is -2.15. The van der Waals surface area contributed by atoms with E-state index in [9.17, 15) is 4.79 Å². The molecule has 3 aromatic rings. The van der Waals surface area contributed by atoms with Crippen LogP contribution in [0, 0.1) is 5.92 Å². The predicted octanol–water partition coefficient (Wildman–Crippen LogP) is 5.42. The zero-order chi connectivity index (χ0) is 23.6. The molecule has 1 heterocycles. The Morgan fingerprint density at radius 3 is 2.36 bits per heavy atom. The Labute approximate surface area is 199 Å². The van der Waals surface area contributed by atoms with Crippen molar-refractivity contribution in [1.82, 2.24) is 14.8 Å². The molecule has 7 nitrogen and oxygen atoms in total. The van der Waals surface area contributed by atoms with Crippen molar-refractivity contribution in [3.63, 3.8) is 0 Å². The van der Waals surface area contributed by atoms with E-state index in [1.165, 1.54) is 11.8 Å². The summed E-state index contributed by atoms with van der Waals surface area (Å²) < 4.78 is 13.4. The predicted molar refractivity (Wildman–Crippen MR) is 132 cm³/mol. The van der Waals surface area contributed by atoms with Crippen LogP contribution in [0.5, 0.6) is 11.5 Å². The van der Waals surface area contributed by atoms with Crippen LogP contribution in [0.15, 0.2) is 59.8 Å². The molecule has 0 radical (unpaired) electrons. The first kappa shape index (κ1) is 24.6. The highest BCUT2D eigenvalue weighted by Gasteiger charge is 2.21. The fraction of sp³-hybridized carbons (Fsp3) is 0.400. The molecule has 8 heteroatoms. The Balaban J connectivity index is 1.65.